The van der Waals surface area contributed by atoms with Crippen LogP contribution in [0.15, 0.2) is 0 Å². The first-order valence-electron chi connectivity index (χ1n) is 6.49. The highest BCUT2D eigenvalue weighted by Gasteiger charge is 2.22. The van der Waals surface area contributed by atoms with Crippen LogP contribution in [0.3, 0.4) is 0 Å². The quantitative estimate of drug-likeness (QED) is 0.679. The lowest BCUT2D eigenvalue weighted by Crippen LogP contribution is -2.32. The van der Waals surface area contributed by atoms with Crippen molar-refractivity contribution in [2.24, 2.45) is 11.8 Å². The molecule has 0 radical (unpaired) electrons. The van der Waals surface area contributed by atoms with Gasteiger partial charge in [-0.3, -0.25) is 0 Å². The van der Waals surface area contributed by atoms with Gasteiger partial charge in [0.25, 0.3) is 0 Å². The van der Waals surface area contributed by atoms with E-state index in [1.54, 1.807) is 0 Å². The topological polar surface area (TPSA) is 12.0 Å². The van der Waals surface area contributed by atoms with Gasteiger partial charge in [-0.05, 0) is 38.1 Å². The normalized spacial score (nSPS) is 31.1. The molecule has 1 aliphatic rings. The van der Waals surface area contributed by atoms with Crippen LogP contribution >= 0.6 is 0 Å². The Morgan fingerprint density at radius 2 is 1.93 bits per heavy atom. The van der Waals surface area contributed by atoms with E-state index in [-0.39, 0.29) is 0 Å². The van der Waals surface area contributed by atoms with Crippen molar-refractivity contribution in [1.29, 1.82) is 0 Å². The van der Waals surface area contributed by atoms with E-state index in [9.17, 15) is 0 Å². The maximum absolute atomic E-state index is 3.48. The van der Waals surface area contributed by atoms with Crippen molar-refractivity contribution in [3.8, 4) is 0 Å². The van der Waals surface area contributed by atoms with E-state index in [0.29, 0.717) is 0 Å². The zero-order valence-electron chi connectivity index (χ0n) is 10.2. The Kier molecular flexibility index (Phi) is 5.54. The maximum atomic E-state index is 3.48. The molecule has 0 saturated heterocycles. The number of rotatable bonds is 4. The molecule has 0 bridgehead atoms. The summed E-state index contributed by atoms with van der Waals surface area (Å²) >= 11 is 0. The lowest BCUT2D eigenvalue weighted by atomic mass is 9.89. The SMILES string of the molecule is CCC1CCCC(C(CC)NC)CC1. The summed E-state index contributed by atoms with van der Waals surface area (Å²) in [6.07, 6.45) is 10.0. The fraction of sp³-hybridized carbons (Fsp3) is 1.00. The average molecular weight is 197 g/mol. The molecule has 1 aliphatic carbocycles. The minimum absolute atomic E-state index is 0.769. The van der Waals surface area contributed by atoms with Gasteiger partial charge < -0.3 is 5.32 Å². The third-order valence-electron chi connectivity index (χ3n) is 4.09. The Balaban J connectivity index is 2.40. The van der Waals surface area contributed by atoms with Gasteiger partial charge in [0.2, 0.25) is 0 Å². The second-order valence-electron chi connectivity index (χ2n) is 4.85. The van der Waals surface area contributed by atoms with Gasteiger partial charge in [-0.1, -0.05) is 39.5 Å². The van der Waals surface area contributed by atoms with E-state index < -0.39 is 0 Å². The summed E-state index contributed by atoms with van der Waals surface area (Å²) in [6, 6.07) is 0.769. The summed E-state index contributed by atoms with van der Waals surface area (Å²) in [5, 5.41) is 3.48. The molecule has 1 nitrogen and oxygen atoms in total. The van der Waals surface area contributed by atoms with Crippen molar-refractivity contribution in [3.63, 3.8) is 0 Å². The second-order valence-corrected chi connectivity index (χ2v) is 4.85. The largest absolute Gasteiger partial charge is 0.317 e. The van der Waals surface area contributed by atoms with E-state index in [0.717, 1.165) is 17.9 Å². The van der Waals surface area contributed by atoms with Crippen LogP contribution in [0.25, 0.3) is 0 Å². The van der Waals surface area contributed by atoms with Crippen LogP contribution in [0.2, 0.25) is 0 Å². The molecule has 1 heteroatoms. The molecule has 1 fully saturated rings. The first-order valence-corrected chi connectivity index (χ1v) is 6.49. The Morgan fingerprint density at radius 1 is 1.14 bits per heavy atom. The van der Waals surface area contributed by atoms with Crippen LogP contribution in [0.4, 0.5) is 0 Å². The van der Waals surface area contributed by atoms with Crippen LogP contribution in [0.5, 0.6) is 0 Å². The highest BCUT2D eigenvalue weighted by atomic mass is 14.9. The van der Waals surface area contributed by atoms with Gasteiger partial charge in [0.1, 0.15) is 0 Å². The molecule has 84 valence electrons. The molecule has 0 aliphatic heterocycles. The second kappa shape index (κ2) is 6.44. The van der Waals surface area contributed by atoms with Gasteiger partial charge >= 0.3 is 0 Å². The number of hydrogen-bond acceptors (Lipinski definition) is 1. The average Bonchev–Trinajstić information content (AvgIpc) is 2.45. The van der Waals surface area contributed by atoms with Crippen LogP contribution in [0.1, 0.15) is 58.8 Å². The smallest absolute Gasteiger partial charge is 0.00897 e. The third-order valence-corrected chi connectivity index (χ3v) is 4.09. The predicted molar refractivity (Wildman–Crippen MR) is 63.5 cm³/mol. The van der Waals surface area contributed by atoms with E-state index >= 15 is 0 Å². The summed E-state index contributed by atoms with van der Waals surface area (Å²) in [5.74, 6) is 1.97. The van der Waals surface area contributed by atoms with Crippen molar-refractivity contribution in [1.82, 2.24) is 5.32 Å². The standard InChI is InChI=1S/C13H27N/c1-4-11-7-6-8-12(10-9-11)13(5-2)14-3/h11-14H,4-10H2,1-3H3. The molecule has 0 spiro atoms. The predicted octanol–water partition coefficient (Wildman–Crippen LogP) is 3.59. The molecule has 0 aromatic rings. The fourth-order valence-corrected chi connectivity index (χ4v) is 2.99. The van der Waals surface area contributed by atoms with E-state index in [4.69, 9.17) is 0 Å². The zero-order chi connectivity index (χ0) is 10.4. The molecule has 0 aromatic carbocycles. The number of hydrogen-bond donors (Lipinski definition) is 1. The molecule has 0 amide bonds. The summed E-state index contributed by atoms with van der Waals surface area (Å²) < 4.78 is 0. The molecular formula is C13H27N. The molecule has 3 unspecified atom stereocenters. The first kappa shape index (κ1) is 12.0. The summed E-state index contributed by atoms with van der Waals surface area (Å²) in [6.45, 7) is 4.66. The Labute approximate surface area is 89.7 Å². The fourth-order valence-electron chi connectivity index (χ4n) is 2.99. The molecule has 0 heterocycles. The van der Waals surface area contributed by atoms with Crippen LogP contribution in [-0.2, 0) is 0 Å². The zero-order valence-corrected chi connectivity index (χ0v) is 10.2. The summed E-state index contributed by atoms with van der Waals surface area (Å²) in [5.41, 5.74) is 0. The first-order chi connectivity index (χ1) is 6.81. The van der Waals surface area contributed by atoms with Crippen LogP contribution < -0.4 is 5.32 Å². The van der Waals surface area contributed by atoms with Crippen molar-refractivity contribution in [2.75, 3.05) is 7.05 Å². The Bertz CT molecular complexity index is 140. The number of nitrogens with one attached hydrogen (secondary N) is 1. The van der Waals surface area contributed by atoms with E-state index in [1.165, 1.54) is 44.9 Å². The van der Waals surface area contributed by atoms with Gasteiger partial charge in [-0.2, -0.15) is 0 Å². The van der Waals surface area contributed by atoms with Gasteiger partial charge in [-0.15, -0.1) is 0 Å². The minimum Gasteiger partial charge on any atom is -0.317 e. The minimum atomic E-state index is 0.769. The molecule has 1 N–H and O–H groups in total. The molecule has 1 saturated carbocycles. The summed E-state index contributed by atoms with van der Waals surface area (Å²) in [7, 11) is 2.12. The lowest BCUT2D eigenvalue weighted by Gasteiger charge is -2.24. The van der Waals surface area contributed by atoms with E-state index in [2.05, 4.69) is 26.2 Å². The van der Waals surface area contributed by atoms with Crippen molar-refractivity contribution in [2.45, 2.75) is 64.8 Å². The molecule has 1 rings (SSSR count). The molecule has 14 heavy (non-hydrogen) atoms. The van der Waals surface area contributed by atoms with E-state index in [1.807, 2.05) is 0 Å². The van der Waals surface area contributed by atoms with Gasteiger partial charge in [-0.25, -0.2) is 0 Å². The molecular weight excluding hydrogens is 170 g/mol. The van der Waals surface area contributed by atoms with Gasteiger partial charge in [0.15, 0.2) is 0 Å². The lowest BCUT2D eigenvalue weighted by molar-refractivity contribution is 0.321. The molecule has 0 aromatic heterocycles. The van der Waals surface area contributed by atoms with Gasteiger partial charge in [0, 0.05) is 6.04 Å². The highest BCUT2D eigenvalue weighted by molar-refractivity contribution is 4.78. The van der Waals surface area contributed by atoms with Crippen molar-refractivity contribution in [3.05, 3.63) is 0 Å². The maximum Gasteiger partial charge on any atom is 0.00897 e. The molecule has 3 atom stereocenters. The van der Waals surface area contributed by atoms with Crippen LogP contribution in [0, 0.1) is 11.8 Å². The monoisotopic (exact) mass is 197 g/mol. The highest BCUT2D eigenvalue weighted by Crippen LogP contribution is 2.31. The Morgan fingerprint density at radius 3 is 2.50 bits per heavy atom. The van der Waals surface area contributed by atoms with Crippen molar-refractivity contribution >= 4 is 0 Å². The van der Waals surface area contributed by atoms with Crippen molar-refractivity contribution < 1.29 is 0 Å². The van der Waals surface area contributed by atoms with Gasteiger partial charge in [0.05, 0.1) is 0 Å². The Hall–Kier alpha value is -0.0400. The third kappa shape index (κ3) is 3.27. The summed E-state index contributed by atoms with van der Waals surface area (Å²) in [4.78, 5) is 0. The van der Waals surface area contributed by atoms with Crippen LogP contribution in [-0.4, -0.2) is 13.1 Å².